The van der Waals surface area contributed by atoms with Crippen LogP contribution < -0.4 is 5.32 Å². The summed E-state index contributed by atoms with van der Waals surface area (Å²) in [5.74, 6) is 0.0695. The van der Waals surface area contributed by atoms with E-state index >= 15 is 0 Å². The van der Waals surface area contributed by atoms with E-state index in [0.29, 0.717) is 12.2 Å². The second-order valence-corrected chi connectivity index (χ2v) is 8.80. The second-order valence-electron chi connectivity index (χ2n) is 8.80. The molecule has 0 bridgehead atoms. The predicted octanol–water partition coefficient (Wildman–Crippen LogP) is 2.21. The molecule has 164 valence electrons. The average molecular weight is 414 g/mol. The highest BCUT2D eigenvalue weighted by Crippen LogP contribution is 2.19. The quantitative estimate of drug-likeness (QED) is 0.711. The molecule has 2 aliphatic rings. The zero-order chi connectivity index (χ0) is 20.9. The predicted molar refractivity (Wildman–Crippen MR) is 118 cm³/mol. The Bertz CT molecular complexity index is 849. The molecular weight excluding hydrogens is 378 g/mol. The highest BCUT2D eigenvalue weighted by molar-refractivity contribution is 5.94. The summed E-state index contributed by atoms with van der Waals surface area (Å²) in [6.45, 7) is 8.06. The third kappa shape index (κ3) is 5.02. The first-order valence-corrected chi connectivity index (χ1v) is 11.5. The molecule has 2 saturated heterocycles. The number of amides is 1. The van der Waals surface area contributed by atoms with E-state index in [2.05, 4.69) is 27.6 Å². The van der Waals surface area contributed by atoms with Crippen LogP contribution in [0.1, 0.15) is 60.3 Å². The average Bonchev–Trinajstić information content (AvgIpc) is 2.91. The van der Waals surface area contributed by atoms with Gasteiger partial charge < -0.3 is 24.6 Å². The van der Waals surface area contributed by atoms with Crippen molar-refractivity contribution in [3.8, 4) is 0 Å². The van der Waals surface area contributed by atoms with E-state index < -0.39 is 0 Å². The molecular formula is C23H35N5O2. The van der Waals surface area contributed by atoms with Crippen LogP contribution >= 0.6 is 0 Å². The Kier molecular flexibility index (Phi) is 7.02. The zero-order valence-corrected chi connectivity index (χ0v) is 18.1. The first kappa shape index (κ1) is 21.3. The number of aromatic nitrogens is 2. The number of aryl methyl sites for hydroxylation is 1. The Balaban J connectivity index is 1.46. The molecule has 0 atom stereocenters. The van der Waals surface area contributed by atoms with Crippen molar-refractivity contribution in [1.82, 2.24) is 24.5 Å². The number of pyridine rings is 1. The molecule has 0 unspecified atom stereocenters. The van der Waals surface area contributed by atoms with Crippen LogP contribution in [-0.4, -0.2) is 75.6 Å². The molecule has 2 aromatic rings. The largest absolute Gasteiger partial charge is 0.393 e. The van der Waals surface area contributed by atoms with Gasteiger partial charge in [-0.25, -0.2) is 4.98 Å². The van der Waals surface area contributed by atoms with E-state index in [1.54, 1.807) is 0 Å². The van der Waals surface area contributed by atoms with E-state index in [9.17, 15) is 9.90 Å². The van der Waals surface area contributed by atoms with Gasteiger partial charge >= 0.3 is 0 Å². The van der Waals surface area contributed by atoms with Crippen LogP contribution in [0.2, 0.25) is 0 Å². The monoisotopic (exact) mass is 413 g/mol. The fourth-order valence-corrected chi connectivity index (χ4v) is 4.55. The summed E-state index contributed by atoms with van der Waals surface area (Å²) in [7, 11) is 0. The van der Waals surface area contributed by atoms with E-state index in [4.69, 9.17) is 4.98 Å². The fourth-order valence-electron chi connectivity index (χ4n) is 4.55. The molecule has 2 aliphatic heterocycles. The number of hydrogen-bond acceptors (Lipinski definition) is 5. The minimum atomic E-state index is -0.136. The molecule has 7 nitrogen and oxygen atoms in total. The van der Waals surface area contributed by atoms with E-state index in [1.807, 2.05) is 17.2 Å². The van der Waals surface area contributed by atoms with Crippen molar-refractivity contribution in [2.45, 2.75) is 58.1 Å². The minimum absolute atomic E-state index is 0.0695. The number of aliphatic hydroxyl groups excluding tert-OH is 1. The van der Waals surface area contributed by atoms with Gasteiger partial charge in [0, 0.05) is 52.0 Å². The first-order valence-electron chi connectivity index (χ1n) is 11.5. The molecule has 2 aromatic heterocycles. The van der Waals surface area contributed by atoms with Crippen molar-refractivity contribution in [3.05, 3.63) is 35.3 Å². The van der Waals surface area contributed by atoms with E-state index in [1.165, 1.54) is 12.8 Å². The Morgan fingerprint density at radius 1 is 1.17 bits per heavy atom. The number of nitrogens with zero attached hydrogens (tertiary/aromatic N) is 4. The maximum atomic E-state index is 13.3. The van der Waals surface area contributed by atoms with Crippen LogP contribution in [0.15, 0.2) is 18.3 Å². The van der Waals surface area contributed by atoms with Gasteiger partial charge in [0.25, 0.3) is 5.91 Å². The molecule has 1 amide bonds. The molecule has 30 heavy (non-hydrogen) atoms. The van der Waals surface area contributed by atoms with Gasteiger partial charge in [0.1, 0.15) is 5.65 Å². The second kappa shape index (κ2) is 9.90. The molecule has 0 radical (unpaired) electrons. The minimum Gasteiger partial charge on any atom is -0.393 e. The number of nitrogens with one attached hydrogen (secondary N) is 1. The SMILES string of the molecule is Cc1ccn2c(CNCCN3CCC(O)CC3)c(C(=O)N3CCCCCC3)nc2c1. The van der Waals surface area contributed by atoms with Gasteiger partial charge in [-0.3, -0.25) is 4.79 Å². The van der Waals surface area contributed by atoms with Crippen molar-refractivity contribution in [1.29, 1.82) is 0 Å². The third-order valence-corrected chi connectivity index (χ3v) is 6.43. The zero-order valence-electron chi connectivity index (χ0n) is 18.1. The van der Waals surface area contributed by atoms with E-state index in [0.717, 1.165) is 81.9 Å². The van der Waals surface area contributed by atoms with Crippen molar-refractivity contribution in [2.24, 2.45) is 0 Å². The number of hydrogen-bond donors (Lipinski definition) is 2. The lowest BCUT2D eigenvalue weighted by molar-refractivity contribution is 0.0755. The van der Waals surface area contributed by atoms with Crippen molar-refractivity contribution >= 4 is 11.6 Å². The van der Waals surface area contributed by atoms with Gasteiger partial charge in [-0.1, -0.05) is 12.8 Å². The van der Waals surface area contributed by atoms with Crippen LogP contribution in [0.5, 0.6) is 0 Å². The molecule has 2 N–H and O–H groups in total. The molecule has 0 saturated carbocycles. The van der Waals surface area contributed by atoms with Crippen molar-refractivity contribution in [3.63, 3.8) is 0 Å². The third-order valence-electron chi connectivity index (χ3n) is 6.43. The number of likely N-dealkylation sites (tertiary alicyclic amines) is 2. The number of carbonyl (C=O) groups is 1. The summed E-state index contributed by atoms with van der Waals surface area (Å²) < 4.78 is 2.06. The van der Waals surface area contributed by atoms with Crippen LogP contribution in [0.3, 0.4) is 0 Å². The number of carbonyl (C=O) groups excluding carboxylic acids is 1. The van der Waals surface area contributed by atoms with Crippen LogP contribution in [-0.2, 0) is 6.54 Å². The molecule has 4 heterocycles. The normalized spacial score (nSPS) is 19.3. The van der Waals surface area contributed by atoms with Crippen molar-refractivity contribution < 1.29 is 9.90 Å². The number of imidazole rings is 1. The summed E-state index contributed by atoms with van der Waals surface area (Å²) in [5, 5.41) is 13.2. The Labute approximate surface area is 179 Å². The van der Waals surface area contributed by atoms with E-state index in [-0.39, 0.29) is 12.0 Å². The summed E-state index contributed by atoms with van der Waals surface area (Å²) in [4.78, 5) is 22.5. The van der Waals surface area contributed by atoms with Crippen LogP contribution in [0, 0.1) is 6.92 Å². The molecule has 7 heteroatoms. The fraction of sp³-hybridized carbons (Fsp3) is 0.652. The number of rotatable bonds is 6. The van der Waals surface area contributed by atoms with Gasteiger partial charge in [0.2, 0.25) is 0 Å². The summed E-state index contributed by atoms with van der Waals surface area (Å²) >= 11 is 0. The molecule has 0 spiro atoms. The Morgan fingerprint density at radius 3 is 2.63 bits per heavy atom. The topological polar surface area (TPSA) is 73.1 Å². The van der Waals surface area contributed by atoms with Gasteiger partial charge in [-0.15, -0.1) is 0 Å². The molecule has 0 aliphatic carbocycles. The summed E-state index contributed by atoms with van der Waals surface area (Å²) in [5.41, 5.74) is 3.53. The molecule has 4 rings (SSSR count). The lowest BCUT2D eigenvalue weighted by Crippen LogP contribution is -2.39. The molecule has 0 aromatic carbocycles. The molecule has 2 fully saturated rings. The number of aliphatic hydroxyl groups is 1. The van der Waals surface area contributed by atoms with Gasteiger partial charge in [0.05, 0.1) is 11.8 Å². The summed E-state index contributed by atoms with van der Waals surface area (Å²) in [6, 6.07) is 4.11. The Morgan fingerprint density at radius 2 is 1.90 bits per heavy atom. The lowest BCUT2D eigenvalue weighted by Gasteiger charge is -2.29. The van der Waals surface area contributed by atoms with Crippen LogP contribution in [0.25, 0.3) is 5.65 Å². The standard InChI is InChI=1S/C23H35N5O2/c1-18-6-14-28-20(17-24-9-15-26-12-7-19(29)8-13-26)22(25-21(28)16-18)23(30)27-10-4-2-3-5-11-27/h6,14,16,19,24,29H,2-5,7-13,15,17H2,1H3. The highest BCUT2D eigenvalue weighted by Gasteiger charge is 2.24. The first-order chi connectivity index (χ1) is 14.6. The highest BCUT2D eigenvalue weighted by atomic mass is 16.3. The van der Waals surface area contributed by atoms with Crippen molar-refractivity contribution in [2.75, 3.05) is 39.3 Å². The van der Waals surface area contributed by atoms with Gasteiger partial charge in [0.15, 0.2) is 5.69 Å². The summed E-state index contributed by atoms with van der Waals surface area (Å²) in [6.07, 6.45) is 8.18. The van der Waals surface area contributed by atoms with Gasteiger partial charge in [-0.05, 0) is 50.3 Å². The number of piperidine rings is 1. The lowest BCUT2D eigenvalue weighted by atomic mass is 10.1. The van der Waals surface area contributed by atoms with Gasteiger partial charge in [-0.2, -0.15) is 0 Å². The van der Waals surface area contributed by atoms with Crippen LogP contribution in [0.4, 0.5) is 0 Å². The smallest absolute Gasteiger partial charge is 0.274 e. The maximum absolute atomic E-state index is 13.3. The Hall–Kier alpha value is -1.96. The number of fused-ring (bicyclic) bond motifs is 1. The maximum Gasteiger partial charge on any atom is 0.274 e.